The van der Waals surface area contributed by atoms with E-state index < -0.39 is 24.3 Å². The first-order valence-electron chi connectivity index (χ1n) is 5.42. The van der Waals surface area contributed by atoms with Crippen LogP contribution in [0.3, 0.4) is 0 Å². The lowest BCUT2D eigenvalue weighted by molar-refractivity contribution is -0.148. The van der Waals surface area contributed by atoms with Crippen molar-refractivity contribution in [2.24, 2.45) is 0 Å². The van der Waals surface area contributed by atoms with Gasteiger partial charge >= 0.3 is 5.97 Å². The first-order chi connectivity index (χ1) is 8.11. The highest BCUT2D eigenvalue weighted by Crippen LogP contribution is 2.22. The van der Waals surface area contributed by atoms with E-state index in [1.807, 2.05) is 0 Å². The molecule has 0 aromatic heterocycles. The van der Waals surface area contributed by atoms with E-state index >= 15 is 0 Å². The second-order valence-electron chi connectivity index (χ2n) is 3.64. The van der Waals surface area contributed by atoms with E-state index in [0.29, 0.717) is 5.56 Å². The summed E-state index contributed by atoms with van der Waals surface area (Å²) in [5.41, 5.74) is 1.28. The topological polar surface area (TPSA) is 43.4 Å². The molecule has 0 spiro atoms. The molecule has 0 aliphatic heterocycles. The predicted octanol–water partition coefficient (Wildman–Crippen LogP) is 2.18. The second kappa shape index (κ2) is 6.13. The highest BCUT2D eigenvalue weighted by molar-refractivity contribution is 6.05. The van der Waals surface area contributed by atoms with E-state index in [0.717, 1.165) is 5.56 Å². The van der Waals surface area contributed by atoms with Crippen molar-refractivity contribution in [1.82, 2.24) is 0 Å². The molecule has 1 atom stereocenters. The van der Waals surface area contributed by atoms with Crippen molar-refractivity contribution in [2.75, 3.05) is 13.3 Å². The molecule has 92 valence electrons. The molecule has 1 aromatic carbocycles. The lowest BCUT2D eigenvalue weighted by Gasteiger charge is -2.15. The van der Waals surface area contributed by atoms with E-state index in [9.17, 15) is 14.0 Å². The number of benzene rings is 1. The summed E-state index contributed by atoms with van der Waals surface area (Å²) in [5.74, 6) is -2.61. The van der Waals surface area contributed by atoms with Gasteiger partial charge in [0.1, 0.15) is 12.6 Å². The Hall–Kier alpha value is -1.71. The number of Topliss-reactive ketones (excluding diaryl/α,β-unsaturated/α-hetero) is 1. The van der Waals surface area contributed by atoms with Crippen molar-refractivity contribution >= 4 is 11.8 Å². The van der Waals surface area contributed by atoms with Gasteiger partial charge in [-0.1, -0.05) is 24.3 Å². The molecule has 0 heterocycles. The molecule has 1 rings (SSSR count). The number of hydrogen-bond donors (Lipinski definition) is 0. The van der Waals surface area contributed by atoms with Gasteiger partial charge in [0.05, 0.1) is 6.61 Å². The Kier molecular flexibility index (Phi) is 4.82. The average molecular weight is 238 g/mol. The highest BCUT2D eigenvalue weighted by atomic mass is 19.1. The molecule has 0 bridgehead atoms. The number of ether oxygens (including phenoxy) is 1. The van der Waals surface area contributed by atoms with Crippen molar-refractivity contribution in [2.45, 2.75) is 19.8 Å². The number of alkyl halides is 1. The minimum Gasteiger partial charge on any atom is -0.465 e. The molecule has 0 fully saturated rings. The summed E-state index contributed by atoms with van der Waals surface area (Å²) in [5, 5.41) is 0. The summed E-state index contributed by atoms with van der Waals surface area (Å²) in [7, 11) is 0. The van der Waals surface area contributed by atoms with E-state index in [-0.39, 0.29) is 6.61 Å². The maximum atomic E-state index is 12.5. The molecule has 3 nitrogen and oxygen atoms in total. The maximum absolute atomic E-state index is 12.5. The molecule has 0 amide bonds. The zero-order valence-electron chi connectivity index (χ0n) is 9.90. The van der Waals surface area contributed by atoms with Gasteiger partial charge in [0.2, 0.25) is 0 Å². The number of rotatable bonds is 5. The van der Waals surface area contributed by atoms with Gasteiger partial charge in [-0.3, -0.25) is 9.59 Å². The Bertz CT molecular complexity index is 415. The number of carbonyl (C=O) groups excluding carboxylic acids is 2. The predicted molar refractivity (Wildman–Crippen MR) is 61.5 cm³/mol. The SMILES string of the molecule is CCOC(=O)C(C(=O)CF)c1ccccc1C. The van der Waals surface area contributed by atoms with E-state index in [4.69, 9.17) is 4.74 Å². The molecule has 4 heteroatoms. The number of halogens is 1. The molecule has 17 heavy (non-hydrogen) atoms. The maximum Gasteiger partial charge on any atom is 0.321 e. The molecule has 0 radical (unpaired) electrons. The molecular weight excluding hydrogens is 223 g/mol. The lowest BCUT2D eigenvalue weighted by atomic mass is 9.91. The zero-order valence-corrected chi connectivity index (χ0v) is 9.90. The molecule has 0 aliphatic carbocycles. The van der Waals surface area contributed by atoms with Crippen LogP contribution in [-0.2, 0) is 14.3 Å². The van der Waals surface area contributed by atoms with Crippen LogP contribution in [0.1, 0.15) is 24.0 Å². The smallest absolute Gasteiger partial charge is 0.321 e. The van der Waals surface area contributed by atoms with Crippen LogP contribution < -0.4 is 0 Å². The second-order valence-corrected chi connectivity index (χ2v) is 3.64. The van der Waals surface area contributed by atoms with Crippen molar-refractivity contribution in [1.29, 1.82) is 0 Å². The summed E-state index contributed by atoms with van der Waals surface area (Å²) in [4.78, 5) is 23.2. The van der Waals surface area contributed by atoms with Gasteiger partial charge in [0, 0.05) is 0 Å². The summed E-state index contributed by atoms with van der Waals surface area (Å²) in [6, 6.07) is 6.92. The van der Waals surface area contributed by atoms with Crippen LogP contribution in [0, 0.1) is 6.92 Å². The molecule has 0 saturated carbocycles. The van der Waals surface area contributed by atoms with Crippen LogP contribution in [0.15, 0.2) is 24.3 Å². The van der Waals surface area contributed by atoms with Crippen LogP contribution >= 0.6 is 0 Å². The van der Waals surface area contributed by atoms with Crippen LogP contribution in [0.5, 0.6) is 0 Å². The number of ketones is 1. The van der Waals surface area contributed by atoms with E-state index in [1.165, 1.54) is 0 Å². The van der Waals surface area contributed by atoms with Gasteiger partial charge in [-0.25, -0.2) is 4.39 Å². The molecule has 0 saturated heterocycles. The third-order valence-electron chi connectivity index (χ3n) is 2.48. The molecule has 1 aromatic rings. The summed E-state index contributed by atoms with van der Waals surface area (Å²) in [6.45, 7) is 2.42. The fourth-order valence-corrected chi connectivity index (χ4v) is 1.65. The highest BCUT2D eigenvalue weighted by Gasteiger charge is 2.30. The first-order valence-corrected chi connectivity index (χ1v) is 5.42. The third-order valence-corrected chi connectivity index (χ3v) is 2.48. The minimum absolute atomic E-state index is 0.167. The first kappa shape index (κ1) is 13.4. The van der Waals surface area contributed by atoms with Gasteiger partial charge in [-0.05, 0) is 25.0 Å². The number of aryl methyl sites for hydroxylation is 1. The number of esters is 1. The van der Waals surface area contributed by atoms with Crippen LogP contribution in [-0.4, -0.2) is 25.0 Å². The van der Waals surface area contributed by atoms with E-state index in [2.05, 4.69) is 0 Å². The Morgan fingerprint density at radius 1 is 1.35 bits per heavy atom. The zero-order chi connectivity index (χ0) is 12.8. The third kappa shape index (κ3) is 3.12. The largest absolute Gasteiger partial charge is 0.465 e. The average Bonchev–Trinajstić information content (AvgIpc) is 2.32. The lowest BCUT2D eigenvalue weighted by Crippen LogP contribution is -2.26. The minimum atomic E-state index is -1.17. The van der Waals surface area contributed by atoms with Crippen molar-refractivity contribution < 1.29 is 18.7 Å². The molecule has 0 aliphatic rings. The van der Waals surface area contributed by atoms with Crippen LogP contribution in [0.4, 0.5) is 4.39 Å². The molecular formula is C13H15FO3. The standard InChI is InChI=1S/C13H15FO3/c1-3-17-13(16)12(11(15)8-14)10-7-5-4-6-9(10)2/h4-7,12H,3,8H2,1-2H3. The Balaban J connectivity index is 3.11. The summed E-state index contributed by atoms with van der Waals surface area (Å²) < 4.78 is 17.3. The Labute approximate surface area is 99.6 Å². The van der Waals surface area contributed by atoms with Gasteiger partial charge in [0.25, 0.3) is 0 Å². The number of carbonyl (C=O) groups is 2. The van der Waals surface area contributed by atoms with Crippen molar-refractivity contribution in [3.8, 4) is 0 Å². The number of hydrogen-bond acceptors (Lipinski definition) is 3. The van der Waals surface area contributed by atoms with Gasteiger partial charge < -0.3 is 4.74 Å². The van der Waals surface area contributed by atoms with Gasteiger partial charge in [-0.15, -0.1) is 0 Å². The monoisotopic (exact) mass is 238 g/mol. The fourth-order valence-electron chi connectivity index (χ4n) is 1.65. The van der Waals surface area contributed by atoms with Crippen molar-refractivity contribution in [3.05, 3.63) is 35.4 Å². The molecule has 1 unspecified atom stereocenters. The van der Waals surface area contributed by atoms with Crippen LogP contribution in [0.25, 0.3) is 0 Å². The van der Waals surface area contributed by atoms with Crippen molar-refractivity contribution in [3.63, 3.8) is 0 Å². The summed E-state index contributed by atoms with van der Waals surface area (Å²) >= 11 is 0. The Morgan fingerprint density at radius 3 is 2.53 bits per heavy atom. The Morgan fingerprint density at radius 2 is 2.00 bits per heavy atom. The quantitative estimate of drug-likeness (QED) is 0.583. The summed E-state index contributed by atoms with van der Waals surface area (Å²) in [6.07, 6.45) is 0. The van der Waals surface area contributed by atoms with Gasteiger partial charge in [-0.2, -0.15) is 0 Å². The van der Waals surface area contributed by atoms with Crippen LogP contribution in [0.2, 0.25) is 0 Å². The fraction of sp³-hybridized carbons (Fsp3) is 0.385. The van der Waals surface area contributed by atoms with E-state index in [1.54, 1.807) is 38.1 Å². The van der Waals surface area contributed by atoms with Gasteiger partial charge in [0.15, 0.2) is 5.78 Å². The molecule has 0 N–H and O–H groups in total. The normalized spacial score (nSPS) is 11.9.